The summed E-state index contributed by atoms with van der Waals surface area (Å²) in [6.07, 6.45) is 2.44. The molecule has 3 N–H and O–H groups in total. The van der Waals surface area contributed by atoms with E-state index in [2.05, 4.69) is 23.7 Å². The molecular weight excluding hydrogens is 220 g/mol. The fourth-order valence-electron chi connectivity index (χ4n) is 1.50. The van der Waals surface area contributed by atoms with Crippen molar-refractivity contribution in [3.05, 3.63) is 29.8 Å². The van der Waals surface area contributed by atoms with Gasteiger partial charge in [-0.3, -0.25) is 4.79 Å². The molecule has 16 heavy (non-hydrogen) atoms. The zero-order valence-electron chi connectivity index (χ0n) is 9.69. The first-order valence-corrected chi connectivity index (χ1v) is 6.64. The molecule has 0 aliphatic carbocycles. The van der Waals surface area contributed by atoms with E-state index in [0.29, 0.717) is 6.42 Å². The Labute approximate surface area is 101 Å². The third-order valence-electron chi connectivity index (χ3n) is 2.19. The van der Waals surface area contributed by atoms with Crippen LogP contribution >= 0.6 is 11.8 Å². The predicted octanol–water partition coefficient (Wildman–Crippen LogP) is 2.23. The van der Waals surface area contributed by atoms with Gasteiger partial charge in [-0.05, 0) is 30.9 Å². The van der Waals surface area contributed by atoms with Crippen LogP contribution in [0.5, 0.6) is 0 Å². The number of benzene rings is 1. The van der Waals surface area contributed by atoms with Crippen molar-refractivity contribution in [3.8, 4) is 0 Å². The summed E-state index contributed by atoms with van der Waals surface area (Å²) < 4.78 is 0. The van der Waals surface area contributed by atoms with E-state index in [1.54, 1.807) is 11.8 Å². The molecule has 0 aromatic heterocycles. The largest absolute Gasteiger partial charge is 0.382 e. The van der Waals surface area contributed by atoms with E-state index in [1.165, 1.54) is 5.56 Å². The highest BCUT2D eigenvalue weighted by atomic mass is 32.2. The SMILES string of the molecule is CSCc1ccc(NC(C)CC(N)=O)cc1. The topological polar surface area (TPSA) is 55.1 Å². The van der Waals surface area contributed by atoms with Crippen LogP contribution in [0.2, 0.25) is 0 Å². The zero-order chi connectivity index (χ0) is 12.0. The van der Waals surface area contributed by atoms with Crippen LogP contribution in [-0.4, -0.2) is 18.2 Å². The molecule has 0 heterocycles. The lowest BCUT2D eigenvalue weighted by atomic mass is 10.2. The van der Waals surface area contributed by atoms with Crippen molar-refractivity contribution >= 4 is 23.4 Å². The molecule has 1 aromatic carbocycles. The van der Waals surface area contributed by atoms with Gasteiger partial charge in [0.1, 0.15) is 0 Å². The minimum Gasteiger partial charge on any atom is -0.382 e. The van der Waals surface area contributed by atoms with Gasteiger partial charge in [-0.25, -0.2) is 0 Å². The predicted molar refractivity (Wildman–Crippen MR) is 70.6 cm³/mol. The molecule has 1 amide bonds. The smallest absolute Gasteiger partial charge is 0.219 e. The fourth-order valence-corrected chi connectivity index (χ4v) is 2.03. The van der Waals surface area contributed by atoms with Gasteiger partial charge in [0.05, 0.1) is 0 Å². The molecule has 1 atom stereocenters. The highest BCUT2D eigenvalue weighted by Gasteiger charge is 2.05. The van der Waals surface area contributed by atoms with E-state index in [-0.39, 0.29) is 11.9 Å². The summed E-state index contributed by atoms with van der Waals surface area (Å²) in [4.78, 5) is 10.7. The number of primary amides is 1. The van der Waals surface area contributed by atoms with E-state index in [9.17, 15) is 4.79 Å². The maximum atomic E-state index is 10.7. The Morgan fingerprint density at radius 3 is 2.56 bits per heavy atom. The first-order chi connectivity index (χ1) is 7.61. The Morgan fingerprint density at radius 1 is 1.44 bits per heavy atom. The van der Waals surface area contributed by atoms with E-state index >= 15 is 0 Å². The van der Waals surface area contributed by atoms with E-state index in [1.807, 2.05) is 19.1 Å². The second kappa shape index (κ2) is 6.43. The number of hydrogen-bond acceptors (Lipinski definition) is 3. The number of carbonyl (C=O) groups is 1. The van der Waals surface area contributed by atoms with Crippen molar-refractivity contribution in [3.63, 3.8) is 0 Å². The molecule has 88 valence electrons. The highest BCUT2D eigenvalue weighted by molar-refractivity contribution is 7.97. The number of hydrogen-bond donors (Lipinski definition) is 2. The van der Waals surface area contributed by atoms with Crippen LogP contribution in [0.1, 0.15) is 18.9 Å². The average Bonchev–Trinajstić information content (AvgIpc) is 2.20. The van der Waals surface area contributed by atoms with Gasteiger partial charge in [-0.2, -0.15) is 11.8 Å². The number of nitrogens with two attached hydrogens (primary N) is 1. The Morgan fingerprint density at radius 2 is 2.06 bits per heavy atom. The van der Waals surface area contributed by atoms with Gasteiger partial charge in [0.25, 0.3) is 0 Å². The molecule has 1 rings (SSSR count). The van der Waals surface area contributed by atoms with Crippen molar-refractivity contribution in [1.29, 1.82) is 0 Å². The van der Waals surface area contributed by atoms with Crippen LogP contribution < -0.4 is 11.1 Å². The van der Waals surface area contributed by atoms with Gasteiger partial charge in [-0.1, -0.05) is 12.1 Å². The van der Waals surface area contributed by atoms with Crippen LogP contribution in [0.4, 0.5) is 5.69 Å². The van der Waals surface area contributed by atoms with Crippen LogP contribution in [0, 0.1) is 0 Å². The molecule has 0 radical (unpaired) electrons. The lowest BCUT2D eigenvalue weighted by Crippen LogP contribution is -2.23. The normalized spacial score (nSPS) is 12.1. The van der Waals surface area contributed by atoms with Crippen LogP contribution in [0.15, 0.2) is 24.3 Å². The van der Waals surface area contributed by atoms with Gasteiger partial charge in [-0.15, -0.1) is 0 Å². The molecular formula is C12H18N2OS. The Bertz CT molecular complexity index is 337. The molecule has 0 saturated carbocycles. The molecule has 4 heteroatoms. The van der Waals surface area contributed by atoms with E-state index < -0.39 is 0 Å². The molecule has 1 unspecified atom stereocenters. The second-order valence-electron chi connectivity index (χ2n) is 3.85. The van der Waals surface area contributed by atoms with Crippen molar-refractivity contribution in [2.75, 3.05) is 11.6 Å². The van der Waals surface area contributed by atoms with Crippen LogP contribution in [-0.2, 0) is 10.5 Å². The summed E-state index contributed by atoms with van der Waals surface area (Å²) >= 11 is 1.80. The van der Waals surface area contributed by atoms with Gasteiger partial charge in [0, 0.05) is 23.9 Å². The third kappa shape index (κ3) is 4.57. The molecule has 0 fully saturated rings. The van der Waals surface area contributed by atoms with Crippen molar-refractivity contribution in [2.45, 2.75) is 25.1 Å². The van der Waals surface area contributed by atoms with Gasteiger partial charge >= 0.3 is 0 Å². The monoisotopic (exact) mass is 238 g/mol. The Kier molecular flexibility index (Phi) is 5.19. The summed E-state index contributed by atoms with van der Waals surface area (Å²) in [6.45, 7) is 1.95. The molecule has 3 nitrogen and oxygen atoms in total. The second-order valence-corrected chi connectivity index (χ2v) is 4.71. The van der Waals surface area contributed by atoms with Gasteiger partial charge in [0.15, 0.2) is 0 Å². The van der Waals surface area contributed by atoms with Crippen molar-refractivity contribution in [1.82, 2.24) is 0 Å². The number of amides is 1. The average molecular weight is 238 g/mol. The quantitative estimate of drug-likeness (QED) is 0.799. The minimum atomic E-state index is -0.279. The van der Waals surface area contributed by atoms with Gasteiger partial charge in [0.2, 0.25) is 5.91 Å². The number of thioether (sulfide) groups is 1. The Balaban J connectivity index is 2.51. The van der Waals surface area contributed by atoms with Gasteiger partial charge < -0.3 is 11.1 Å². The molecule has 0 bridgehead atoms. The van der Waals surface area contributed by atoms with Crippen LogP contribution in [0.25, 0.3) is 0 Å². The summed E-state index contributed by atoms with van der Waals surface area (Å²) in [5.74, 6) is 0.746. The number of carbonyl (C=O) groups excluding carboxylic acids is 1. The van der Waals surface area contributed by atoms with Crippen LogP contribution in [0.3, 0.4) is 0 Å². The maximum absolute atomic E-state index is 10.7. The first kappa shape index (κ1) is 12.9. The molecule has 0 saturated heterocycles. The summed E-state index contributed by atoms with van der Waals surface area (Å²) in [5.41, 5.74) is 7.46. The maximum Gasteiger partial charge on any atom is 0.219 e. The summed E-state index contributed by atoms with van der Waals surface area (Å²) in [5, 5.41) is 3.23. The fraction of sp³-hybridized carbons (Fsp3) is 0.417. The molecule has 1 aromatic rings. The van der Waals surface area contributed by atoms with Crippen molar-refractivity contribution < 1.29 is 4.79 Å². The standard InChI is InChI=1S/C12H18N2OS/c1-9(7-12(13)15)14-11-5-3-10(4-6-11)8-16-2/h3-6,9,14H,7-8H2,1-2H3,(H2,13,15). The lowest BCUT2D eigenvalue weighted by molar-refractivity contribution is -0.118. The molecule has 0 aliphatic heterocycles. The highest BCUT2D eigenvalue weighted by Crippen LogP contribution is 2.14. The molecule has 0 aliphatic rings. The van der Waals surface area contributed by atoms with E-state index in [0.717, 1.165) is 11.4 Å². The number of anilines is 1. The lowest BCUT2D eigenvalue weighted by Gasteiger charge is -2.13. The number of nitrogens with one attached hydrogen (secondary N) is 1. The summed E-state index contributed by atoms with van der Waals surface area (Å²) in [7, 11) is 0. The molecule has 0 spiro atoms. The third-order valence-corrected chi connectivity index (χ3v) is 2.81. The Hall–Kier alpha value is -1.16. The van der Waals surface area contributed by atoms with Crippen molar-refractivity contribution in [2.24, 2.45) is 5.73 Å². The first-order valence-electron chi connectivity index (χ1n) is 5.24. The summed E-state index contributed by atoms with van der Waals surface area (Å²) in [6, 6.07) is 8.32. The minimum absolute atomic E-state index is 0.0731. The number of rotatable bonds is 6. The zero-order valence-corrected chi connectivity index (χ0v) is 10.5. The van der Waals surface area contributed by atoms with E-state index in [4.69, 9.17) is 5.73 Å².